The molecule has 1 aromatic carbocycles. The molecule has 5 nitrogen and oxygen atoms in total. The van der Waals surface area contributed by atoms with E-state index in [1.165, 1.54) is 12.1 Å². The Kier molecular flexibility index (Phi) is 2.62. The van der Waals surface area contributed by atoms with Gasteiger partial charge in [-0.2, -0.15) is 0 Å². The molecule has 13 heavy (non-hydrogen) atoms. The summed E-state index contributed by atoms with van der Waals surface area (Å²) in [6.45, 7) is 0. The number of hydrogen-bond acceptors (Lipinski definition) is 3. The van der Waals surface area contributed by atoms with Gasteiger partial charge in [-0.15, -0.1) is 0 Å². The summed E-state index contributed by atoms with van der Waals surface area (Å²) in [6.07, 6.45) is 0. The smallest absolute Gasteiger partial charge is 0.281 e. The molecule has 0 aliphatic heterocycles. The summed E-state index contributed by atoms with van der Waals surface area (Å²) < 4.78 is 0.587. The van der Waals surface area contributed by atoms with Gasteiger partial charge in [0.15, 0.2) is 0 Å². The average molecular weight is 244 g/mol. The van der Waals surface area contributed by atoms with E-state index in [0.717, 1.165) is 0 Å². The summed E-state index contributed by atoms with van der Waals surface area (Å²) in [5.41, 5.74) is 5.13. The van der Waals surface area contributed by atoms with Crippen LogP contribution in [-0.2, 0) is 0 Å². The maximum Gasteiger partial charge on any atom is 0.281 e. The quantitative estimate of drug-likeness (QED) is 0.358. The maximum absolute atomic E-state index is 10.5. The molecular formula is C7H6BrN3O2. The molecule has 0 aliphatic rings. The van der Waals surface area contributed by atoms with Crippen molar-refractivity contribution in [3.8, 4) is 0 Å². The van der Waals surface area contributed by atoms with Crippen molar-refractivity contribution in [2.24, 2.45) is 5.73 Å². The van der Waals surface area contributed by atoms with E-state index in [4.69, 9.17) is 11.1 Å². The number of rotatable bonds is 2. The van der Waals surface area contributed by atoms with Crippen LogP contribution in [-0.4, -0.2) is 10.8 Å². The second-order valence-electron chi connectivity index (χ2n) is 2.33. The lowest BCUT2D eigenvalue weighted by molar-refractivity contribution is -0.385. The van der Waals surface area contributed by atoms with E-state index < -0.39 is 4.92 Å². The molecule has 1 rings (SSSR count). The number of halogens is 1. The Morgan fingerprint density at radius 2 is 2.23 bits per heavy atom. The minimum Gasteiger partial charge on any atom is -0.383 e. The van der Waals surface area contributed by atoms with Gasteiger partial charge in [-0.1, -0.05) is 15.9 Å². The molecule has 0 saturated carbocycles. The Bertz CT molecular complexity index is 378. The third kappa shape index (κ3) is 2.03. The monoisotopic (exact) mass is 243 g/mol. The second kappa shape index (κ2) is 3.53. The van der Waals surface area contributed by atoms with E-state index in [-0.39, 0.29) is 17.1 Å². The molecule has 0 fully saturated rings. The van der Waals surface area contributed by atoms with Crippen molar-refractivity contribution in [3.05, 3.63) is 38.3 Å². The van der Waals surface area contributed by atoms with E-state index in [2.05, 4.69) is 15.9 Å². The predicted octanol–water partition coefficient (Wildman–Crippen LogP) is 1.64. The molecule has 0 saturated heterocycles. The van der Waals surface area contributed by atoms with Crippen LogP contribution < -0.4 is 5.73 Å². The largest absolute Gasteiger partial charge is 0.383 e. The minimum atomic E-state index is -0.568. The number of hydrogen-bond donors (Lipinski definition) is 2. The molecule has 0 unspecified atom stereocenters. The molecule has 0 spiro atoms. The second-order valence-corrected chi connectivity index (χ2v) is 3.25. The molecule has 3 N–H and O–H groups in total. The highest BCUT2D eigenvalue weighted by atomic mass is 79.9. The van der Waals surface area contributed by atoms with Crippen molar-refractivity contribution < 1.29 is 4.92 Å². The van der Waals surface area contributed by atoms with Crippen LogP contribution in [0.5, 0.6) is 0 Å². The molecule has 0 atom stereocenters. The number of nitrogens with one attached hydrogen (secondary N) is 1. The summed E-state index contributed by atoms with van der Waals surface area (Å²) >= 11 is 3.10. The maximum atomic E-state index is 10.5. The number of benzene rings is 1. The molecular weight excluding hydrogens is 238 g/mol. The van der Waals surface area contributed by atoms with Crippen molar-refractivity contribution in [3.63, 3.8) is 0 Å². The van der Waals surface area contributed by atoms with E-state index in [0.29, 0.717) is 4.47 Å². The number of nitro groups is 1. The Morgan fingerprint density at radius 3 is 2.69 bits per heavy atom. The van der Waals surface area contributed by atoms with Gasteiger partial charge in [-0.25, -0.2) is 0 Å². The van der Waals surface area contributed by atoms with Crippen molar-refractivity contribution in [1.82, 2.24) is 0 Å². The van der Waals surface area contributed by atoms with Gasteiger partial charge >= 0.3 is 0 Å². The third-order valence-corrected chi connectivity index (χ3v) is 1.94. The molecule has 6 heteroatoms. The van der Waals surface area contributed by atoms with Gasteiger partial charge in [0, 0.05) is 10.5 Å². The van der Waals surface area contributed by atoms with Crippen molar-refractivity contribution in [2.75, 3.05) is 0 Å². The highest BCUT2D eigenvalue weighted by Gasteiger charge is 2.15. The van der Waals surface area contributed by atoms with Gasteiger partial charge in [0.05, 0.1) is 10.5 Å². The van der Waals surface area contributed by atoms with E-state index >= 15 is 0 Å². The van der Waals surface area contributed by atoms with E-state index in [9.17, 15) is 10.1 Å². The number of amidine groups is 1. The van der Waals surface area contributed by atoms with Gasteiger partial charge in [0.1, 0.15) is 5.84 Å². The first-order valence-corrected chi connectivity index (χ1v) is 4.10. The number of nitrogen functional groups attached to an aromatic ring is 1. The van der Waals surface area contributed by atoms with Gasteiger partial charge < -0.3 is 5.73 Å². The summed E-state index contributed by atoms with van der Waals surface area (Å²) in [4.78, 5) is 9.94. The predicted molar refractivity (Wildman–Crippen MR) is 51.8 cm³/mol. The molecule has 1 aromatic rings. The fraction of sp³-hybridized carbons (Fsp3) is 0. The molecule has 0 amide bonds. The molecule has 0 aromatic heterocycles. The highest BCUT2D eigenvalue weighted by molar-refractivity contribution is 9.10. The van der Waals surface area contributed by atoms with Crippen LogP contribution in [0.3, 0.4) is 0 Å². The zero-order valence-electron chi connectivity index (χ0n) is 6.45. The van der Waals surface area contributed by atoms with Gasteiger partial charge in [0.2, 0.25) is 0 Å². The topological polar surface area (TPSA) is 93.0 Å². The van der Waals surface area contributed by atoms with Gasteiger partial charge in [-0.3, -0.25) is 15.5 Å². The van der Waals surface area contributed by atoms with Crippen LogP contribution in [0.2, 0.25) is 0 Å². The van der Waals surface area contributed by atoms with Gasteiger partial charge in [-0.05, 0) is 12.1 Å². The van der Waals surface area contributed by atoms with Crippen LogP contribution in [0.25, 0.3) is 0 Å². The van der Waals surface area contributed by atoms with Crippen LogP contribution in [0.15, 0.2) is 22.7 Å². The van der Waals surface area contributed by atoms with Crippen LogP contribution in [0.4, 0.5) is 5.69 Å². The number of nitro benzene ring substituents is 1. The van der Waals surface area contributed by atoms with Crippen LogP contribution in [0.1, 0.15) is 5.56 Å². The first-order valence-electron chi connectivity index (χ1n) is 3.30. The lowest BCUT2D eigenvalue weighted by atomic mass is 10.1. The summed E-state index contributed by atoms with van der Waals surface area (Å²) in [5, 5.41) is 17.6. The molecule has 68 valence electrons. The number of nitrogens with two attached hydrogens (primary N) is 1. The Balaban J connectivity index is 3.35. The van der Waals surface area contributed by atoms with Crippen LogP contribution in [0, 0.1) is 15.5 Å². The summed E-state index contributed by atoms with van der Waals surface area (Å²) in [6, 6.07) is 4.35. The lowest BCUT2D eigenvalue weighted by Gasteiger charge is -2.00. The zero-order valence-corrected chi connectivity index (χ0v) is 8.04. The SMILES string of the molecule is N=C(N)c1ccc(Br)cc1[N+](=O)[O-]. The average Bonchev–Trinajstić information content (AvgIpc) is 2.03. The molecule has 0 aliphatic carbocycles. The van der Waals surface area contributed by atoms with Crippen molar-refractivity contribution >= 4 is 27.5 Å². The molecule has 0 heterocycles. The van der Waals surface area contributed by atoms with Crippen LogP contribution >= 0.6 is 15.9 Å². The van der Waals surface area contributed by atoms with Crippen molar-refractivity contribution in [2.45, 2.75) is 0 Å². The summed E-state index contributed by atoms with van der Waals surface area (Å²) in [5.74, 6) is -0.306. The number of nitrogens with zero attached hydrogens (tertiary/aromatic N) is 1. The van der Waals surface area contributed by atoms with E-state index in [1.807, 2.05) is 0 Å². The summed E-state index contributed by atoms with van der Waals surface area (Å²) in [7, 11) is 0. The zero-order chi connectivity index (χ0) is 10.0. The Hall–Kier alpha value is -1.43. The molecule has 0 radical (unpaired) electrons. The first-order chi connectivity index (χ1) is 6.02. The van der Waals surface area contributed by atoms with Gasteiger partial charge in [0.25, 0.3) is 5.69 Å². The first kappa shape index (κ1) is 9.66. The van der Waals surface area contributed by atoms with Crippen molar-refractivity contribution in [1.29, 1.82) is 5.41 Å². The minimum absolute atomic E-state index is 0.133. The lowest BCUT2D eigenvalue weighted by Crippen LogP contribution is -2.13. The normalized spacial score (nSPS) is 9.62. The fourth-order valence-electron chi connectivity index (χ4n) is 0.884. The third-order valence-electron chi connectivity index (χ3n) is 1.45. The standard InChI is InChI=1S/C7H6BrN3O2/c8-4-1-2-5(7(9)10)6(3-4)11(12)13/h1-3H,(H3,9,10). The Labute approximate surface area is 82.3 Å². The fourth-order valence-corrected chi connectivity index (χ4v) is 1.23. The highest BCUT2D eigenvalue weighted by Crippen LogP contribution is 2.22. The Morgan fingerprint density at radius 1 is 1.62 bits per heavy atom. The molecule has 0 bridgehead atoms. The van der Waals surface area contributed by atoms with E-state index in [1.54, 1.807) is 6.07 Å².